The van der Waals surface area contributed by atoms with E-state index in [9.17, 15) is 4.79 Å². The molecule has 0 spiro atoms. The van der Waals surface area contributed by atoms with Crippen molar-refractivity contribution in [3.63, 3.8) is 0 Å². The molecular formula is C14H13N5O. The summed E-state index contributed by atoms with van der Waals surface area (Å²) in [5.74, 6) is 0.0909. The van der Waals surface area contributed by atoms with Crippen LogP contribution < -0.4 is 5.32 Å². The van der Waals surface area contributed by atoms with Gasteiger partial charge in [0.15, 0.2) is 0 Å². The zero-order chi connectivity index (χ0) is 14.1. The van der Waals surface area contributed by atoms with Crippen LogP contribution in [0.2, 0.25) is 0 Å². The van der Waals surface area contributed by atoms with E-state index in [1.807, 2.05) is 32.0 Å². The molecule has 0 atom stereocenters. The second-order valence-electron chi connectivity index (χ2n) is 4.62. The fourth-order valence-corrected chi connectivity index (χ4v) is 2.10. The molecule has 3 aromatic rings. The molecule has 0 fully saturated rings. The monoisotopic (exact) mass is 267 g/mol. The van der Waals surface area contributed by atoms with E-state index in [2.05, 4.69) is 25.5 Å². The first-order chi connectivity index (χ1) is 9.63. The molecule has 6 heteroatoms. The molecular weight excluding hydrogens is 254 g/mol. The molecule has 1 aromatic carbocycles. The Balaban J connectivity index is 2.09. The van der Waals surface area contributed by atoms with Crippen molar-refractivity contribution in [3.8, 4) is 0 Å². The van der Waals surface area contributed by atoms with Crippen LogP contribution in [0.4, 0.5) is 5.95 Å². The summed E-state index contributed by atoms with van der Waals surface area (Å²) in [4.78, 5) is 20.7. The van der Waals surface area contributed by atoms with Crippen LogP contribution in [0, 0.1) is 13.8 Å². The number of nitrogens with one attached hydrogen (secondary N) is 2. The summed E-state index contributed by atoms with van der Waals surface area (Å²) in [5.41, 5.74) is 3.26. The van der Waals surface area contributed by atoms with Crippen LogP contribution in [0.1, 0.15) is 21.6 Å². The zero-order valence-corrected chi connectivity index (χ0v) is 11.1. The van der Waals surface area contributed by atoms with E-state index in [1.165, 1.54) is 6.33 Å². The smallest absolute Gasteiger partial charge is 0.258 e. The van der Waals surface area contributed by atoms with Crippen molar-refractivity contribution in [1.82, 2.24) is 20.2 Å². The summed E-state index contributed by atoms with van der Waals surface area (Å²) in [6.45, 7) is 3.85. The number of amides is 1. The molecule has 2 aromatic heterocycles. The number of aromatic amines is 1. The van der Waals surface area contributed by atoms with Gasteiger partial charge in [-0.05, 0) is 32.0 Å². The van der Waals surface area contributed by atoms with Gasteiger partial charge < -0.3 is 0 Å². The van der Waals surface area contributed by atoms with Gasteiger partial charge in [-0.3, -0.25) is 15.1 Å². The minimum Gasteiger partial charge on any atom is -0.291 e. The van der Waals surface area contributed by atoms with Crippen LogP contribution >= 0.6 is 0 Å². The quantitative estimate of drug-likeness (QED) is 0.745. The minimum absolute atomic E-state index is 0.233. The number of pyridine rings is 1. The number of aromatic nitrogens is 4. The molecule has 1 amide bonds. The third-order valence-electron chi connectivity index (χ3n) is 2.98. The Morgan fingerprint density at radius 3 is 2.85 bits per heavy atom. The number of benzene rings is 1. The third-order valence-corrected chi connectivity index (χ3v) is 2.98. The van der Waals surface area contributed by atoms with Crippen LogP contribution in [0.5, 0.6) is 0 Å². The predicted molar refractivity (Wildman–Crippen MR) is 75.6 cm³/mol. The Hall–Kier alpha value is -2.76. The number of H-pyrrole nitrogens is 1. The van der Waals surface area contributed by atoms with Crippen LogP contribution in [0.15, 0.2) is 30.6 Å². The van der Waals surface area contributed by atoms with Crippen molar-refractivity contribution in [2.24, 2.45) is 0 Å². The number of anilines is 1. The van der Waals surface area contributed by atoms with Gasteiger partial charge in [0.1, 0.15) is 6.33 Å². The Morgan fingerprint density at radius 1 is 1.25 bits per heavy atom. The van der Waals surface area contributed by atoms with Crippen molar-refractivity contribution in [2.75, 3.05) is 5.32 Å². The molecule has 0 bridgehead atoms. The van der Waals surface area contributed by atoms with E-state index in [0.717, 1.165) is 22.2 Å². The van der Waals surface area contributed by atoms with E-state index < -0.39 is 0 Å². The molecule has 0 aliphatic rings. The highest BCUT2D eigenvalue weighted by Crippen LogP contribution is 2.20. The van der Waals surface area contributed by atoms with Gasteiger partial charge in [-0.1, -0.05) is 11.6 Å². The van der Waals surface area contributed by atoms with Gasteiger partial charge in [-0.2, -0.15) is 10.1 Å². The highest BCUT2D eigenvalue weighted by Gasteiger charge is 2.13. The molecule has 20 heavy (non-hydrogen) atoms. The third kappa shape index (κ3) is 2.23. The standard InChI is InChI=1S/C14H13N5O/c1-8-3-4-12-10(5-8)11(6-9(2)17-12)13(20)18-14-15-7-16-19-14/h3-7H,1-2H3,(H2,15,16,18,19,20). The number of hydrogen-bond acceptors (Lipinski definition) is 4. The van der Waals surface area contributed by atoms with Crippen molar-refractivity contribution in [3.05, 3.63) is 47.4 Å². The van der Waals surface area contributed by atoms with Gasteiger partial charge in [-0.25, -0.2) is 5.10 Å². The SMILES string of the molecule is Cc1ccc2nc(C)cc(C(=O)Nc3ncn[nH]3)c2c1. The summed E-state index contributed by atoms with van der Waals surface area (Å²) < 4.78 is 0. The Labute approximate surface area is 115 Å². The normalized spacial score (nSPS) is 10.7. The lowest BCUT2D eigenvalue weighted by molar-refractivity contribution is 0.102. The number of carbonyl (C=O) groups is 1. The molecule has 0 radical (unpaired) electrons. The Morgan fingerprint density at radius 2 is 2.10 bits per heavy atom. The van der Waals surface area contributed by atoms with E-state index in [1.54, 1.807) is 6.07 Å². The Bertz CT molecular complexity index is 780. The minimum atomic E-state index is -0.233. The maximum Gasteiger partial charge on any atom is 0.258 e. The number of nitrogens with zero attached hydrogens (tertiary/aromatic N) is 3. The first-order valence-electron chi connectivity index (χ1n) is 6.18. The number of hydrogen-bond donors (Lipinski definition) is 2. The molecule has 0 saturated heterocycles. The number of rotatable bonds is 2. The van der Waals surface area contributed by atoms with Crippen LogP contribution in [-0.4, -0.2) is 26.1 Å². The fourth-order valence-electron chi connectivity index (χ4n) is 2.10. The largest absolute Gasteiger partial charge is 0.291 e. The lowest BCUT2D eigenvalue weighted by Crippen LogP contribution is -2.14. The molecule has 3 rings (SSSR count). The maximum atomic E-state index is 12.4. The van der Waals surface area contributed by atoms with Gasteiger partial charge in [0.2, 0.25) is 5.95 Å². The van der Waals surface area contributed by atoms with E-state index in [-0.39, 0.29) is 5.91 Å². The van der Waals surface area contributed by atoms with Crippen LogP contribution in [-0.2, 0) is 0 Å². The van der Waals surface area contributed by atoms with Gasteiger partial charge in [0.05, 0.1) is 11.1 Å². The van der Waals surface area contributed by atoms with Crippen LogP contribution in [0.3, 0.4) is 0 Å². The predicted octanol–water partition coefficient (Wildman–Crippen LogP) is 2.22. The molecule has 0 unspecified atom stereocenters. The fraction of sp³-hybridized carbons (Fsp3) is 0.143. The highest BCUT2D eigenvalue weighted by atomic mass is 16.1. The molecule has 0 saturated carbocycles. The van der Waals surface area contributed by atoms with E-state index >= 15 is 0 Å². The lowest BCUT2D eigenvalue weighted by Gasteiger charge is -2.08. The highest BCUT2D eigenvalue weighted by molar-refractivity contribution is 6.11. The second-order valence-corrected chi connectivity index (χ2v) is 4.62. The first kappa shape index (κ1) is 12.3. The average Bonchev–Trinajstić information content (AvgIpc) is 2.91. The second kappa shape index (κ2) is 4.73. The summed E-state index contributed by atoms with van der Waals surface area (Å²) >= 11 is 0. The molecule has 2 heterocycles. The van der Waals surface area contributed by atoms with Crippen molar-refractivity contribution < 1.29 is 4.79 Å². The van der Waals surface area contributed by atoms with E-state index in [4.69, 9.17) is 0 Å². The van der Waals surface area contributed by atoms with Crippen molar-refractivity contribution in [2.45, 2.75) is 13.8 Å². The van der Waals surface area contributed by atoms with Gasteiger partial charge in [-0.15, -0.1) is 0 Å². The number of aryl methyl sites for hydroxylation is 2. The summed E-state index contributed by atoms with van der Waals surface area (Å²) in [6.07, 6.45) is 1.34. The average molecular weight is 267 g/mol. The molecule has 0 aliphatic carbocycles. The molecule has 6 nitrogen and oxygen atoms in total. The summed E-state index contributed by atoms with van der Waals surface area (Å²) in [6, 6.07) is 7.63. The zero-order valence-electron chi connectivity index (χ0n) is 11.1. The molecule has 100 valence electrons. The van der Waals surface area contributed by atoms with Crippen molar-refractivity contribution in [1.29, 1.82) is 0 Å². The number of fused-ring (bicyclic) bond motifs is 1. The van der Waals surface area contributed by atoms with Gasteiger partial charge in [0.25, 0.3) is 5.91 Å². The number of carbonyl (C=O) groups excluding carboxylic acids is 1. The van der Waals surface area contributed by atoms with Crippen molar-refractivity contribution >= 4 is 22.8 Å². The summed E-state index contributed by atoms with van der Waals surface area (Å²) in [5, 5.41) is 9.81. The van der Waals surface area contributed by atoms with E-state index in [0.29, 0.717) is 11.5 Å². The van der Waals surface area contributed by atoms with Gasteiger partial charge in [0, 0.05) is 11.1 Å². The van der Waals surface area contributed by atoms with Crippen LogP contribution in [0.25, 0.3) is 10.9 Å². The summed E-state index contributed by atoms with van der Waals surface area (Å²) in [7, 11) is 0. The lowest BCUT2D eigenvalue weighted by atomic mass is 10.0. The molecule has 2 N–H and O–H groups in total. The first-order valence-corrected chi connectivity index (χ1v) is 6.18. The Kier molecular flexibility index (Phi) is 2.90. The topological polar surface area (TPSA) is 83.6 Å². The van der Waals surface area contributed by atoms with Gasteiger partial charge >= 0.3 is 0 Å². The molecule has 0 aliphatic heterocycles. The maximum absolute atomic E-state index is 12.4.